The molecule has 4 rings (SSSR count). The van der Waals surface area contributed by atoms with Crippen LogP contribution in [0.1, 0.15) is 21.7 Å². The first kappa shape index (κ1) is 17.1. The van der Waals surface area contributed by atoms with Crippen molar-refractivity contribution in [3.8, 4) is 11.4 Å². The molecule has 0 unspecified atom stereocenters. The van der Waals surface area contributed by atoms with Gasteiger partial charge in [-0.1, -0.05) is 12.1 Å². The van der Waals surface area contributed by atoms with E-state index < -0.39 is 0 Å². The lowest BCUT2D eigenvalue weighted by Crippen LogP contribution is -2.44. The molecule has 0 saturated carbocycles. The van der Waals surface area contributed by atoms with E-state index in [9.17, 15) is 9.59 Å². The standard InChI is InChI=1S/C20H20N4O3/c1-14-11-23(13-21-14)17-6-7-18-19(25)22(8-9-24(18)20(17)26)12-15-4-3-5-16(10-15)27-2/h3-7,10-11,13H,8-9,12H2,1-2H3. The summed E-state index contributed by atoms with van der Waals surface area (Å²) in [5, 5.41) is 0. The molecule has 1 amide bonds. The number of methoxy groups -OCH3 is 1. The van der Waals surface area contributed by atoms with Gasteiger partial charge in [0, 0.05) is 25.8 Å². The molecule has 7 nitrogen and oxygen atoms in total. The van der Waals surface area contributed by atoms with Crippen LogP contribution in [0.3, 0.4) is 0 Å². The number of imidazole rings is 1. The van der Waals surface area contributed by atoms with E-state index in [-0.39, 0.29) is 11.5 Å². The number of aromatic nitrogens is 3. The third kappa shape index (κ3) is 3.12. The normalized spacial score (nSPS) is 13.6. The van der Waals surface area contributed by atoms with Crippen molar-refractivity contribution in [3.63, 3.8) is 0 Å². The van der Waals surface area contributed by atoms with Crippen molar-refractivity contribution >= 4 is 5.91 Å². The Balaban J connectivity index is 1.63. The van der Waals surface area contributed by atoms with Crippen molar-refractivity contribution in [1.29, 1.82) is 0 Å². The number of carbonyl (C=O) groups is 1. The van der Waals surface area contributed by atoms with Crippen LogP contribution in [0.2, 0.25) is 0 Å². The van der Waals surface area contributed by atoms with Gasteiger partial charge in [-0.2, -0.15) is 0 Å². The fourth-order valence-corrected chi connectivity index (χ4v) is 3.35. The minimum absolute atomic E-state index is 0.144. The molecule has 0 aliphatic carbocycles. The van der Waals surface area contributed by atoms with Crippen molar-refractivity contribution in [1.82, 2.24) is 19.0 Å². The Labute approximate surface area is 156 Å². The van der Waals surface area contributed by atoms with Gasteiger partial charge in [0.15, 0.2) is 0 Å². The summed E-state index contributed by atoms with van der Waals surface area (Å²) < 4.78 is 8.49. The number of amides is 1. The van der Waals surface area contributed by atoms with Crippen LogP contribution >= 0.6 is 0 Å². The van der Waals surface area contributed by atoms with E-state index in [1.807, 2.05) is 31.2 Å². The van der Waals surface area contributed by atoms with Crippen molar-refractivity contribution in [2.75, 3.05) is 13.7 Å². The van der Waals surface area contributed by atoms with Crippen LogP contribution in [-0.4, -0.2) is 38.6 Å². The van der Waals surface area contributed by atoms with Crippen molar-refractivity contribution < 1.29 is 9.53 Å². The van der Waals surface area contributed by atoms with Crippen LogP contribution in [0, 0.1) is 6.92 Å². The highest BCUT2D eigenvalue weighted by Gasteiger charge is 2.26. The van der Waals surface area contributed by atoms with Crippen LogP contribution in [0.15, 0.2) is 53.7 Å². The first-order chi connectivity index (χ1) is 13.1. The predicted octanol–water partition coefficient (Wildman–Crippen LogP) is 2.01. The smallest absolute Gasteiger partial charge is 0.275 e. The summed E-state index contributed by atoms with van der Waals surface area (Å²) in [7, 11) is 1.62. The topological polar surface area (TPSA) is 69.4 Å². The first-order valence-corrected chi connectivity index (χ1v) is 8.74. The number of ether oxygens (including phenoxy) is 1. The predicted molar refractivity (Wildman–Crippen MR) is 100 cm³/mol. The first-order valence-electron chi connectivity index (χ1n) is 8.74. The number of carbonyl (C=O) groups excluding carboxylic acids is 1. The van der Waals surface area contributed by atoms with Crippen LogP contribution < -0.4 is 10.3 Å². The van der Waals surface area contributed by atoms with Crippen LogP contribution in [0.25, 0.3) is 5.69 Å². The summed E-state index contributed by atoms with van der Waals surface area (Å²) in [4.78, 5) is 31.7. The molecule has 138 valence electrons. The second-order valence-corrected chi connectivity index (χ2v) is 6.56. The van der Waals surface area contributed by atoms with Crippen LogP contribution in [-0.2, 0) is 13.1 Å². The monoisotopic (exact) mass is 364 g/mol. The molecule has 0 bridgehead atoms. The number of hydrogen-bond donors (Lipinski definition) is 0. The van der Waals surface area contributed by atoms with Gasteiger partial charge in [-0.3, -0.25) is 9.59 Å². The summed E-state index contributed by atoms with van der Waals surface area (Å²) >= 11 is 0. The lowest BCUT2D eigenvalue weighted by molar-refractivity contribution is 0.0686. The Morgan fingerprint density at radius 3 is 2.74 bits per heavy atom. The molecule has 1 aromatic carbocycles. The Morgan fingerprint density at radius 2 is 2.00 bits per heavy atom. The minimum atomic E-state index is -0.181. The highest BCUT2D eigenvalue weighted by atomic mass is 16.5. The molecule has 0 atom stereocenters. The quantitative estimate of drug-likeness (QED) is 0.710. The molecule has 3 aromatic rings. The average molecular weight is 364 g/mol. The molecule has 0 saturated heterocycles. The fourth-order valence-electron chi connectivity index (χ4n) is 3.35. The Hall–Kier alpha value is -3.35. The van der Waals surface area contributed by atoms with Gasteiger partial charge in [0.2, 0.25) is 0 Å². The van der Waals surface area contributed by atoms with E-state index >= 15 is 0 Å². The summed E-state index contributed by atoms with van der Waals surface area (Å²) in [5.41, 5.74) is 2.55. The average Bonchev–Trinajstić information content (AvgIpc) is 3.11. The molecule has 2 aromatic heterocycles. The lowest BCUT2D eigenvalue weighted by Gasteiger charge is -2.30. The number of pyridine rings is 1. The van der Waals surface area contributed by atoms with Gasteiger partial charge in [-0.05, 0) is 36.8 Å². The second-order valence-electron chi connectivity index (χ2n) is 6.56. The van der Waals surface area contributed by atoms with E-state index in [4.69, 9.17) is 4.74 Å². The Bertz CT molecular complexity index is 1070. The molecule has 7 heteroatoms. The van der Waals surface area contributed by atoms with Gasteiger partial charge in [0.1, 0.15) is 17.1 Å². The zero-order valence-corrected chi connectivity index (χ0v) is 15.3. The van der Waals surface area contributed by atoms with Gasteiger partial charge in [-0.15, -0.1) is 0 Å². The van der Waals surface area contributed by atoms with Gasteiger partial charge in [0.25, 0.3) is 11.5 Å². The van der Waals surface area contributed by atoms with Gasteiger partial charge >= 0.3 is 0 Å². The van der Waals surface area contributed by atoms with Gasteiger partial charge in [0.05, 0.1) is 19.1 Å². The molecule has 0 N–H and O–H groups in total. The van der Waals surface area contributed by atoms with E-state index in [0.717, 1.165) is 17.0 Å². The highest BCUT2D eigenvalue weighted by molar-refractivity contribution is 5.93. The number of rotatable bonds is 4. The molecule has 3 heterocycles. The lowest BCUT2D eigenvalue weighted by atomic mass is 10.1. The number of benzene rings is 1. The van der Waals surface area contributed by atoms with Crippen molar-refractivity contribution in [3.05, 3.63) is 76.2 Å². The molecular weight excluding hydrogens is 344 g/mol. The maximum atomic E-state index is 12.9. The summed E-state index contributed by atoms with van der Waals surface area (Å²) in [6.45, 7) is 3.29. The Kier molecular flexibility index (Phi) is 4.27. The summed E-state index contributed by atoms with van der Waals surface area (Å²) in [5.74, 6) is 0.614. The minimum Gasteiger partial charge on any atom is -0.497 e. The number of hydrogen-bond acceptors (Lipinski definition) is 4. The summed E-state index contributed by atoms with van der Waals surface area (Å²) in [6, 6.07) is 11.0. The van der Waals surface area contributed by atoms with Gasteiger partial charge < -0.3 is 18.8 Å². The Morgan fingerprint density at radius 1 is 1.15 bits per heavy atom. The molecule has 0 spiro atoms. The van der Waals surface area contributed by atoms with Crippen LogP contribution in [0.4, 0.5) is 0 Å². The van der Waals surface area contributed by atoms with Crippen molar-refractivity contribution in [2.24, 2.45) is 0 Å². The highest BCUT2D eigenvalue weighted by Crippen LogP contribution is 2.18. The SMILES string of the molecule is COc1cccc(CN2CCn3c(ccc(-n4cnc(C)c4)c3=O)C2=O)c1. The van der Waals surface area contributed by atoms with E-state index in [1.54, 1.807) is 45.8 Å². The van der Waals surface area contributed by atoms with E-state index in [1.165, 1.54) is 0 Å². The van der Waals surface area contributed by atoms with Gasteiger partial charge in [-0.25, -0.2) is 4.98 Å². The molecule has 0 fully saturated rings. The molecule has 0 radical (unpaired) electrons. The third-order valence-corrected chi connectivity index (χ3v) is 4.75. The molecular formula is C20H20N4O3. The van der Waals surface area contributed by atoms with E-state index in [0.29, 0.717) is 31.0 Å². The zero-order valence-electron chi connectivity index (χ0n) is 15.3. The number of aryl methyl sites for hydroxylation is 1. The van der Waals surface area contributed by atoms with Crippen molar-refractivity contribution in [2.45, 2.75) is 20.0 Å². The molecule has 1 aliphatic heterocycles. The second kappa shape index (κ2) is 6.75. The maximum Gasteiger partial charge on any atom is 0.275 e. The summed E-state index contributed by atoms with van der Waals surface area (Å²) in [6.07, 6.45) is 3.40. The molecule has 1 aliphatic rings. The third-order valence-electron chi connectivity index (χ3n) is 4.75. The molecule has 27 heavy (non-hydrogen) atoms. The zero-order chi connectivity index (χ0) is 19.0. The van der Waals surface area contributed by atoms with Crippen LogP contribution in [0.5, 0.6) is 5.75 Å². The number of nitrogens with zero attached hydrogens (tertiary/aromatic N) is 4. The largest absolute Gasteiger partial charge is 0.497 e. The van der Waals surface area contributed by atoms with E-state index in [2.05, 4.69) is 4.98 Å². The number of fused-ring (bicyclic) bond motifs is 1. The fraction of sp³-hybridized carbons (Fsp3) is 0.250. The maximum absolute atomic E-state index is 12.9.